The standard InChI is InChI=1S/C27H30F6N2O2/c1-24-11-9-17-15(4-8-21-25(17,2)12-10-22(36)35-21)16(24)6-7-19(24)23(37)34-20-13-14(26(28,29)30)3-5-18(20)27(31,32)33/h3,5,10,12-13,15-17,19,21H,4,6-9,11H2,1-2H3,(H,34,37)(H,35,36)/t15-,16-,17-,19+,21?,24-,25+/m0/s1. The van der Waals surface area contributed by atoms with E-state index in [0.29, 0.717) is 42.9 Å². The molecule has 2 amide bonds. The van der Waals surface area contributed by atoms with Gasteiger partial charge in [-0.1, -0.05) is 19.9 Å². The molecule has 2 N–H and O–H groups in total. The van der Waals surface area contributed by atoms with Crippen LogP contribution in [0.15, 0.2) is 30.4 Å². The molecule has 37 heavy (non-hydrogen) atoms. The fourth-order valence-corrected chi connectivity index (χ4v) is 8.06. The molecule has 3 aliphatic carbocycles. The summed E-state index contributed by atoms with van der Waals surface area (Å²) in [5.74, 6) is -0.555. The van der Waals surface area contributed by atoms with E-state index in [9.17, 15) is 35.9 Å². The number of benzene rings is 1. The molecular weight excluding hydrogens is 498 g/mol. The van der Waals surface area contributed by atoms with Crippen molar-refractivity contribution in [3.63, 3.8) is 0 Å². The summed E-state index contributed by atoms with van der Waals surface area (Å²) in [5, 5.41) is 5.33. The third-order valence-electron chi connectivity index (χ3n) is 9.91. The average molecular weight is 529 g/mol. The Bertz CT molecular complexity index is 1140. The first-order valence-corrected chi connectivity index (χ1v) is 12.7. The van der Waals surface area contributed by atoms with Crippen LogP contribution in [0.1, 0.15) is 63.5 Å². The average Bonchev–Trinajstić information content (AvgIpc) is 3.15. The summed E-state index contributed by atoms with van der Waals surface area (Å²) < 4.78 is 80.4. The molecule has 0 aromatic heterocycles. The molecule has 4 aliphatic rings. The maximum atomic E-state index is 13.6. The van der Waals surface area contributed by atoms with Gasteiger partial charge in [-0.25, -0.2) is 0 Å². The third kappa shape index (κ3) is 4.24. The van der Waals surface area contributed by atoms with Gasteiger partial charge < -0.3 is 10.6 Å². The normalized spacial score (nSPS) is 37.3. The van der Waals surface area contributed by atoms with Crippen LogP contribution in [0, 0.1) is 34.5 Å². The fraction of sp³-hybridized carbons (Fsp3) is 0.630. The summed E-state index contributed by atoms with van der Waals surface area (Å²) in [6.45, 7) is 4.17. The molecule has 3 saturated carbocycles. The Labute approximate surface area is 211 Å². The van der Waals surface area contributed by atoms with Crippen molar-refractivity contribution in [2.75, 3.05) is 5.32 Å². The minimum Gasteiger partial charge on any atom is -0.349 e. The van der Waals surface area contributed by atoms with E-state index >= 15 is 0 Å². The number of fused-ring (bicyclic) bond motifs is 5. The van der Waals surface area contributed by atoms with E-state index in [1.807, 2.05) is 13.0 Å². The van der Waals surface area contributed by atoms with E-state index in [1.54, 1.807) is 6.08 Å². The number of rotatable bonds is 2. The second-order valence-corrected chi connectivity index (χ2v) is 11.6. The van der Waals surface area contributed by atoms with Gasteiger partial charge in [0.05, 0.1) is 16.8 Å². The number of amides is 2. The van der Waals surface area contributed by atoms with E-state index in [2.05, 4.69) is 17.6 Å². The Morgan fingerprint density at radius 3 is 2.38 bits per heavy atom. The zero-order valence-corrected chi connectivity index (χ0v) is 20.6. The summed E-state index contributed by atoms with van der Waals surface area (Å²) in [4.78, 5) is 25.3. The van der Waals surface area contributed by atoms with Gasteiger partial charge in [-0.15, -0.1) is 0 Å². The number of carbonyl (C=O) groups is 2. The van der Waals surface area contributed by atoms with Crippen LogP contribution in [-0.4, -0.2) is 17.9 Å². The van der Waals surface area contributed by atoms with Crippen LogP contribution in [0.4, 0.5) is 32.0 Å². The number of alkyl halides is 6. The smallest absolute Gasteiger partial charge is 0.349 e. The number of hydrogen-bond acceptors (Lipinski definition) is 2. The lowest BCUT2D eigenvalue weighted by Gasteiger charge is -2.58. The van der Waals surface area contributed by atoms with Gasteiger partial charge in [-0.05, 0) is 86.0 Å². The van der Waals surface area contributed by atoms with E-state index in [-0.39, 0.29) is 23.3 Å². The Morgan fingerprint density at radius 2 is 1.70 bits per heavy atom. The van der Waals surface area contributed by atoms with E-state index in [1.165, 1.54) is 0 Å². The van der Waals surface area contributed by atoms with E-state index in [0.717, 1.165) is 25.7 Å². The minimum atomic E-state index is -4.91. The topological polar surface area (TPSA) is 58.2 Å². The number of anilines is 1. The largest absolute Gasteiger partial charge is 0.418 e. The van der Waals surface area contributed by atoms with Crippen molar-refractivity contribution in [2.45, 2.75) is 70.8 Å². The minimum absolute atomic E-state index is 0.0535. The predicted octanol–water partition coefficient (Wildman–Crippen LogP) is 6.58. The van der Waals surface area contributed by atoms with Crippen molar-refractivity contribution in [2.24, 2.45) is 34.5 Å². The van der Waals surface area contributed by atoms with Crippen molar-refractivity contribution in [3.8, 4) is 0 Å². The van der Waals surface area contributed by atoms with Crippen LogP contribution in [0.5, 0.6) is 0 Å². The van der Waals surface area contributed by atoms with Crippen molar-refractivity contribution < 1.29 is 35.9 Å². The SMILES string of the molecule is C[C@]12CC[C@H]3[C@@H](CCC4NC(=O)C=C[C@@]43C)[C@@H]1CC[C@@H]2C(=O)Nc1cc(C(F)(F)F)ccc1C(F)(F)F. The fourth-order valence-electron chi connectivity index (χ4n) is 8.06. The van der Waals surface area contributed by atoms with Crippen LogP contribution < -0.4 is 10.6 Å². The zero-order chi connectivity index (χ0) is 27.0. The summed E-state index contributed by atoms with van der Waals surface area (Å²) in [6.07, 6.45) is -1.73. The highest BCUT2D eigenvalue weighted by Crippen LogP contribution is 2.65. The first kappa shape index (κ1) is 26.1. The van der Waals surface area contributed by atoms with Crippen LogP contribution in [0.3, 0.4) is 0 Å². The number of carbonyl (C=O) groups excluding carboxylic acids is 2. The third-order valence-corrected chi connectivity index (χ3v) is 9.91. The Hall–Kier alpha value is -2.52. The second kappa shape index (κ2) is 8.50. The van der Waals surface area contributed by atoms with Crippen LogP contribution in [-0.2, 0) is 21.9 Å². The molecule has 1 aliphatic heterocycles. The van der Waals surface area contributed by atoms with Crippen molar-refractivity contribution in [3.05, 3.63) is 41.5 Å². The van der Waals surface area contributed by atoms with Crippen molar-refractivity contribution in [1.82, 2.24) is 5.32 Å². The molecule has 0 saturated heterocycles. The number of nitrogens with one attached hydrogen (secondary N) is 2. The molecule has 5 rings (SSSR count). The van der Waals surface area contributed by atoms with Gasteiger partial charge in [0.2, 0.25) is 11.8 Å². The Balaban J connectivity index is 1.40. The molecule has 202 valence electrons. The van der Waals surface area contributed by atoms with Crippen molar-refractivity contribution >= 4 is 17.5 Å². The maximum absolute atomic E-state index is 13.6. The molecular formula is C27H30F6N2O2. The highest BCUT2D eigenvalue weighted by atomic mass is 19.4. The second-order valence-electron chi connectivity index (χ2n) is 11.6. The molecule has 0 radical (unpaired) electrons. The van der Waals surface area contributed by atoms with Crippen LogP contribution in [0.25, 0.3) is 0 Å². The number of halogens is 6. The zero-order valence-electron chi connectivity index (χ0n) is 20.6. The first-order chi connectivity index (χ1) is 17.1. The van der Waals surface area contributed by atoms with Gasteiger partial charge in [0, 0.05) is 17.4 Å². The molecule has 7 atom stereocenters. The summed E-state index contributed by atoms with van der Waals surface area (Å²) >= 11 is 0. The van der Waals surface area contributed by atoms with E-state index in [4.69, 9.17) is 0 Å². The lowest BCUT2D eigenvalue weighted by molar-refractivity contribution is -0.141. The van der Waals surface area contributed by atoms with Crippen molar-refractivity contribution in [1.29, 1.82) is 0 Å². The summed E-state index contributed by atoms with van der Waals surface area (Å²) in [6, 6.07) is 1.18. The van der Waals surface area contributed by atoms with Gasteiger partial charge >= 0.3 is 12.4 Å². The Morgan fingerprint density at radius 1 is 0.973 bits per heavy atom. The van der Waals surface area contributed by atoms with Gasteiger partial charge in [-0.2, -0.15) is 26.3 Å². The molecule has 1 aromatic rings. The molecule has 1 unspecified atom stereocenters. The molecule has 10 heteroatoms. The van der Waals surface area contributed by atoms with Gasteiger partial charge in [0.1, 0.15) is 0 Å². The predicted molar refractivity (Wildman–Crippen MR) is 124 cm³/mol. The molecule has 0 bridgehead atoms. The lowest BCUT2D eigenvalue weighted by Crippen LogP contribution is -2.59. The molecule has 4 nitrogen and oxygen atoms in total. The lowest BCUT2D eigenvalue weighted by atomic mass is 9.48. The highest BCUT2D eigenvalue weighted by molar-refractivity contribution is 5.94. The quantitative estimate of drug-likeness (QED) is 0.427. The molecule has 1 aromatic carbocycles. The first-order valence-electron chi connectivity index (χ1n) is 12.7. The highest BCUT2D eigenvalue weighted by Gasteiger charge is 2.61. The Kier molecular flexibility index (Phi) is 5.99. The number of hydrogen-bond donors (Lipinski definition) is 2. The summed E-state index contributed by atoms with van der Waals surface area (Å²) in [5.41, 5.74) is -4.06. The van der Waals surface area contributed by atoms with Gasteiger partial charge in [0.15, 0.2) is 0 Å². The maximum Gasteiger partial charge on any atom is 0.418 e. The molecule has 0 spiro atoms. The molecule has 1 heterocycles. The van der Waals surface area contributed by atoms with E-state index < -0.39 is 46.4 Å². The monoisotopic (exact) mass is 528 g/mol. The van der Waals surface area contributed by atoms with Crippen LogP contribution in [0.2, 0.25) is 0 Å². The van der Waals surface area contributed by atoms with Gasteiger partial charge in [0.25, 0.3) is 0 Å². The molecule has 3 fully saturated rings. The summed E-state index contributed by atoms with van der Waals surface area (Å²) in [7, 11) is 0. The van der Waals surface area contributed by atoms with Gasteiger partial charge in [-0.3, -0.25) is 9.59 Å². The van der Waals surface area contributed by atoms with Crippen LogP contribution >= 0.6 is 0 Å².